The van der Waals surface area contributed by atoms with Crippen LogP contribution >= 0.6 is 0 Å². The fraction of sp³-hybridized carbons (Fsp3) is 1.00. The van der Waals surface area contributed by atoms with Crippen molar-refractivity contribution in [3.05, 3.63) is 0 Å². The summed E-state index contributed by atoms with van der Waals surface area (Å²) in [6.07, 6.45) is 0. The summed E-state index contributed by atoms with van der Waals surface area (Å²) in [5.41, 5.74) is 0. The van der Waals surface area contributed by atoms with Crippen molar-refractivity contribution in [2.75, 3.05) is 0 Å². The van der Waals surface area contributed by atoms with Gasteiger partial charge in [-0.05, 0) is 19.6 Å². The van der Waals surface area contributed by atoms with Gasteiger partial charge in [-0.25, -0.2) is 0 Å². The Morgan fingerprint density at radius 1 is 0.667 bits per heavy atom. The van der Waals surface area contributed by atoms with Crippen LogP contribution in [-0.4, -0.2) is 47.6 Å². The van der Waals surface area contributed by atoms with Crippen molar-refractivity contribution in [1.29, 1.82) is 0 Å². The molecule has 1 aliphatic rings. The molecule has 0 N–H and O–H groups in total. The Hall–Kier alpha value is 0.725. The molecule has 0 aromatic heterocycles. The molecule has 0 atom stereocenters. The summed E-state index contributed by atoms with van der Waals surface area (Å²) < 4.78 is 16.0. The van der Waals surface area contributed by atoms with E-state index in [4.69, 9.17) is 34.7 Å². The predicted octanol–water partition coefficient (Wildman–Crippen LogP) is -0.739. The summed E-state index contributed by atoms with van der Waals surface area (Å²) in [6.45, 7) is 5.14. The van der Waals surface area contributed by atoms with Crippen LogP contribution in [0.1, 0.15) is 0 Å². The molecule has 0 unspecified atom stereocenters. The molecule has 1 aliphatic heterocycles. The summed E-state index contributed by atoms with van der Waals surface area (Å²) in [4.78, 5) is 0. The molecule has 0 aliphatic carbocycles. The fourth-order valence-corrected chi connectivity index (χ4v) is 12.6. The lowest BCUT2D eigenvalue weighted by Crippen LogP contribution is -2.68. The number of rotatable bonds is 0. The van der Waals surface area contributed by atoms with Gasteiger partial charge in [0.15, 0.2) is 0 Å². The van der Waals surface area contributed by atoms with Gasteiger partial charge < -0.3 is 12.3 Å². The molecular weight excluding hydrogens is 201 g/mol. The van der Waals surface area contributed by atoms with Gasteiger partial charge in [-0.2, -0.15) is 0 Å². The summed E-state index contributed by atoms with van der Waals surface area (Å²) in [6, 6.07) is 0. The Bertz CT molecular complexity index is 151. The van der Waals surface area contributed by atoms with Crippen LogP contribution in [0.4, 0.5) is 0 Å². The zero-order valence-electron chi connectivity index (χ0n) is 7.46. The summed E-state index contributed by atoms with van der Waals surface area (Å²) in [5, 5.41) is 0. The van der Waals surface area contributed by atoms with Crippen LogP contribution in [0.2, 0.25) is 19.6 Å². The first-order chi connectivity index (χ1) is 5.12. The van der Waals surface area contributed by atoms with Crippen molar-refractivity contribution in [3.8, 4) is 0 Å². The second-order valence-electron chi connectivity index (χ2n) is 3.35. The van der Waals surface area contributed by atoms with Crippen molar-refractivity contribution in [3.63, 3.8) is 0 Å². The third kappa shape index (κ3) is 2.89. The zero-order chi connectivity index (χ0) is 9.62. The van der Waals surface area contributed by atoms with Gasteiger partial charge in [0.25, 0.3) is 25.3 Å². The van der Waals surface area contributed by atoms with Gasteiger partial charge in [-0.3, -0.25) is 0 Å². The highest BCUT2D eigenvalue weighted by molar-refractivity contribution is 7.28. The average molecular weight is 210 g/mol. The molecule has 3 nitrogen and oxygen atoms in total. The Labute approximate surface area is 80.0 Å². The van der Waals surface area contributed by atoms with Crippen molar-refractivity contribution < 1.29 is 12.3 Å². The number of hydrogen-bond acceptors (Lipinski definition) is 3. The van der Waals surface area contributed by atoms with E-state index in [1.165, 1.54) is 0 Å². The van der Waals surface area contributed by atoms with E-state index in [0.29, 0.717) is 0 Å². The van der Waals surface area contributed by atoms with Gasteiger partial charge in [-0.1, -0.05) is 0 Å². The highest BCUT2D eigenvalue weighted by atomic mass is 28.5. The van der Waals surface area contributed by atoms with Crippen molar-refractivity contribution in [1.82, 2.24) is 0 Å². The third-order valence-electron chi connectivity index (χ3n) is 1.22. The highest BCUT2D eigenvalue weighted by Crippen LogP contribution is 2.24. The third-order valence-corrected chi connectivity index (χ3v) is 10.9. The van der Waals surface area contributed by atoms with E-state index < -0.39 is 25.3 Å². The smallest absolute Gasteiger partial charge is 0.254 e. The monoisotopic (exact) mass is 210 g/mol. The van der Waals surface area contributed by atoms with Gasteiger partial charge in [0, 0.05) is 0 Å². The molecule has 1 heterocycles. The maximum Gasteiger partial charge on any atom is 0.254 e. The van der Waals surface area contributed by atoms with Gasteiger partial charge in [0.1, 0.15) is 22.3 Å². The molecule has 60 valence electrons. The molecule has 1 saturated heterocycles. The minimum atomic E-state index is -2.61. The van der Waals surface area contributed by atoms with Gasteiger partial charge >= 0.3 is 0 Å². The molecule has 0 amide bonds. The molecule has 0 spiro atoms. The van der Waals surface area contributed by atoms with E-state index in [1.54, 1.807) is 19.6 Å². The van der Waals surface area contributed by atoms with Crippen LogP contribution in [-0.2, 0) is 12.3 Å². The SMILES string of the molecule is [B][Si]1(C)O[Si]([B])(C)O[Si]([B])(C)O1. The van der Waals surface area contributed by atoms with Crippen LogP contribution in [0.3, 0.4) is 0 Å². The van der Waals surface area contributed by atoms with E-state index in [-0.39, 0.29) is 0 Å². The quantitative estimate of drug-likeness (QED) is 0.492. The first-order valence-corrected chi connectivity index (χ1v) is 10.8. The first kappa shape index (κ1) is 10.8. The molecule has 0 bridgehead atoms. The van der Waals surface area contributed by atoms with Crippen molar-refractivity contribution >= 4 is 47.6 Å². The fourth-order valence-electron chi connectivity index (χ4n) is 1.27. The Morgan fingerprint density at radius 2 is 0.833 bits per heavy atom. The molecule has 0 aromatic carbocycles. The van der Waals surface area contributed by atoms with Crippen LogP contribution in [0.15, 0.2) is 0 Å². The molecule has 0 saturated carbocycles. The van der Waals surface area contributed by atoms with Gasteiger partial charge in [-0.15, -0.1) is 0 Å². The van der Waals surface area contributed by atoms with Crippen molar-refractivity contribution in [2.24, 2.45) is 0 Å². The normalized spacial score (nSPS) is 55.2. The first-order valence-electron chi connectivity index (χ1n) is 3.59. The van der Waals surface area contributed by atoms with E-state index in [2.05, 4.69) is 0 Å². The lowest BCUT2D eigenvalue weighted by Gasteiger charge is -2.48. The zero-order valence-corrected chi connectivity index (χ0v) is 10.5. The summed E-state index contributed by atoms with van der Waals surface area (Å²) >= 11 is 0. The molecule has 1 rings (SSSR count). The Morgan fingerprint density at radius 3 is 1.00 bits per heavy atom. The largest absolute Gasteiger partial charge is 0.428 e. The lowest BCUT2D eigenvalue weighted by atomic mass is 10.7. The van der Waals surface area contributed by atoms with Crippen LogP contribution < -0.4 is 0 Å². The molecule has 0 aromatic rings. The minimum Gasteiger partial charge on any atom is -0.428 e. The molecule has 6 radical (unpaired) electrons. The number of hydrogen-bond donors (Lipinski definition) is 0. The topological polar surface area (TPSA) is 27.7 Å². The summed E-state index contributed by atoms with van der Waals surface area (Å²) in [7, 11) is 9.42. The predicted molar refractivity (Wildman–Crippen MR) is 55.4 cm³/mol. The van der Waals surface area contributed by atoms with E-state index in [0.717, 1.165) is 0 Å². The maximum atomic E-state index is 5.75. The van der Waals surface area contributed by atoms with Crippen LogP contribution in [0.25, 0.3) is 0 Å². The maximum absolute atomic E-state index is 5.75. The van der Waals surface area contributed by atoms with Gasteiger partial charge in [0.05, 0.1) is 0 Å². The Balaban J connectivity index is 2.81. The lowest BCUT2D eigenvalue weighted by molar-refractivity contribution is 0.270. The van der Waals surface area contributed by atoms with E-state index in [1.807, 2.05) is 0 Å². The molecule has 1 fully saturated rings. The van der Waals surface area contributed by atoms with Gasteiger partial charge in [0.2, 0.25) is 0 Å². The Kier molecular flexibility index (Phi) is 2.57. The van der Waals surface area contributed by atoms with Crippen LogP contribution in [0.5, 0.6) is 0 Å². The highest BCUT2D eigenvalue weighted by Gasteiger charge is 2.47. The molecule has 9 heteroatoms. The standard InChI is InChI=1S/C3H9B3O3Si3/c1-10(4)7-11(2,5)9-12(3,6)8-10/h1-3H3. The molecule has 12 heavy (non-hydrogen) atoms. The van der Waals surface area contributed by atoms with Crippen LogP contribution in [0, 0.1) is 0 Å². The minimum absolute atomic E-state index is 1.71. The summed E-state index contributed by atoms with van der Waals surface area (Å²) in [5.74, 6) is 0. The van der Waals surface area contributed by atoms with E-state index >= 15 is 0 Å². The molecular formula is C3H9B3O3Si3. The average Bonchev–Trinajstić information content (AvgIpc) is 1.44. The van der Waals surface area contributed by atoms with E-state index in [9.17, 15) is 0 Å². The second-order valence-corrected chi connectivity index (χ2v) is 11.9. The van der Waals surface area contributed by atoms with Crippen molar-refractivity contribution in [2.45, 2.75) is 19.6 Å². The second kappa shape index (κ2) is 2.86.